The summed E-state index contributed by atoms with van der Waals surface area (Å²) in [5.74, 6) is 0.184. The van der Waals surface area contributed by atoms with Gasteiger partial charge in [-0.15, -0.1) is 0 Å². The maximum atomic E-state index is 12.9. The number of amides is 1. The SMILES string of the molecule is COc1ccccc1NS(=O)(=O)c1cccc(NC(=O)Cc2cccc3ccccc23)c1. The molecule has 0 aromatic heterocycles. The molecule has 4 rings (SSSR count). The van der Waals surface area contributed by atoms with Crippen molar-refractivity contribution in [2.24, 2.45) is 0 Å². The van der Waals surface area contributed by atoms with Crippen LogP contribution >= 0.6 is 0 Å². The van der Waals surface area contributed by atoms with Gasteiger partial charge in [0.25, 0.3) is 10.0 Å². The minimum Gasteiger partial charge on any atom is -0.495 e. The maximum absolute atomic E-state index is 12.9. The first-order valence-corrected chi connectivity index (χ1v) is 11.5. The van der Waals surface area contributed by atoms with Gasteiger partial charge in [-0.1, -0.05) is 60.7 Å². The lowest BCUT2D eigenvalue weighted by Crippen LogP contribution is -2.16. The number of ether oxygens (including phenoxy) is 1. The fraction of sp³-hybridized carbons (Fsp3) is 0.0800. The Balaban J connectivity index is 1.52. The summed E-state index contributed by atoms with van der Waals surface area (Å²) in [6.07, 6.45) is 0.178. The van der Waals surface area contributed by atoms with Gasteiger partial charge in [-0.2, -0.15) is 0 Å². The van der Waals surface area contributed by atoms with Gasteiger partial charge in [0.1, 0.15) is 5.75 Å². The van der Waals surface area contributed by atoms with Crippen LogP contribution in [-0.2, 0) is 21.2 Å². The Hall–Kier alpha value is -3.84. The summed E-state index contributed by atoms with van der Waals surface area (Å²) < 4.78 is 33.5. The van der Waals surface area contributed by atoms with E-state index >= 15 is 0 Å². The first-order chi connectivity index (χ1) is 15.5. The van der Waals surface area contributed by atoms with Crippen LogP contribution in [0.1, 0.15) is 5.56 Å². The number of anilines is 2. The second-order valence-electron chi connectivity index (χ2n) is 7.20. The molecule has 0 aliphatic carbocycles. The van der Waals surface area contributed by atoms with Gasteiger partial charge in [0, 0.05) is 5.69 Å². The Morgan fingerprint density at radius 2 is 1.59 bits per heavy atom. The third-order valence-electron chi connectivity index (χ3n) is 5.01. The molecule has 0 aliphatic heterocycles. The number of rotatable bonds is 7. The molecule has 6 nitrogen and oxygen atoms in total. The van der Waals surface area contributed by atoms with Crippen molar-refractivity contribution in [2.75, 3.05) is 17.1 Å². The Morgan fingerprint density at radius 3 is 2.44 bits per heavy atom. The van der Waals surface area contributed by atoms with Gasteiger partial charge < -0.3 is 10.1 Å². The van der Waals surface area contributed by atoms with E-state index in [1.165, 1.54) is 19.2 Å². The molecule has 0 bridgehead atoms. The van der Waals surface area contributed by atoms with E-state index in [0.29, 0.717) is 17.1 Å². The lowest BCUT2D eigenvalue weighted by atomic mass is 10.0. The Kier molecular flexibility index (Phi) is 6.09. The summed E-state index contributed by atoms with van der Waals surface area (Å²) in [4.78, 5) is 12.7. The first-order valence-electron chi connectivity index (χ1n) is 9.99. The van der Waals surface area contributed by atoms with E-state index in [9.17, 15) is 13.2 Å². The van der Waals surface area contributed by atoms with Crippen LogP contribution in [0.15, 0.2) is 95.9 Å². The molecule has 0 aliphatic rings. The van der Waals surface area contributed by atoms with Crippen LogP contribution in [0.25, 0.3) is 10.8 Å². The topological polar surface area (TPSA) is 84.5 Å². The van der Waals surface area contributed by atoms with E-state index in [2.05, 4.69) is 10.0 Å². The molecule has 7 heteroatoms. The summed E-state index contributed by atoms with van der Waals surface area (Å²) in [5, 5.41) is 4.88. The molecular weight excluding hydrogens is 424 g/mol. The first kappa shape index (κ1) is 21.4. The molecule has 0 heterocycles. The predicted molar refractivity (Wildman–Crippen MR) is 127 cm³/mol. The molecular formula is C25H22N2O4S. The number of nitrogens with one attached hydrogen (secondary N) is 2. The van der Waals surface area contributed by atoms with E-state index < -0.39 is 10.0 Å². The minimum atomic E-state index is -3.87. The van der Waals surface area contributed by atoms with Crippen LogP contribution in [-0.4, -0.2) is 21.4 Å². The summed E-state index contributed by atoms with van der Waals surface area (Å²) in [7, 11) is -2.40. The average Bonchev–Trinajstić information content (AvgIpc) is 2.79. The largest absolute Gasteiger partial charge is 0.495 e. The highest BCUT2D eigenvalue weighted by Gasteiger charge is 2.17. The number of para-hydroxylation sites is 2. The number of fused-ring (bicyclic) bond motifs is 1. The number of sulfonamides is 1. The molecule has 0 atom stereocenters. The molecule has 2 N–H and O–H groups in total. The van der Waals surface area contributed by atoms with E-state index in [4.69, 9.17) is 4.74 Å². The van der Waals surface area contributed by atoms with E-state index in [0.717, 1.165) is 16.3 Å². The van der Waals surface area contributed by atoms with Crippen molar-refractivity contribution in [2.45, 2.75) is 11.3 Å². The van der Waals surface area contributed by atoms with E-state index in [1.807, 2.05) is 42.5 Å². The Labute approximate surface area is 186 Å². The Morgan fingerprint density at radius 1 is 0.875 bits per heavy atom. The van der Waals surface area contributed by atoms with Crippen LogP contribution in [0.3, 0.4) is 0 Å². The summed E-state index contributed by atoms with van der Waals surface area (Å²) in [5.41, 5.74) is 1.64. The van der Waals surface area contributed by atoms with Gasteiger partial charge in [0.2, 0.25) is 5.91 Å². The van der Waals surface area contributed by atoms with Crippen molar-refractivity contribution < 1.29 is 17.9 Å². The number of methoxy groups -OCH3 is 1. The van der Waals surface area contributed by atoms with Crippen molar-refractivity contribution in [3.8, 4) is 5.75 Å². The van der Waals surface area contributed by atoms with Gasteiger partial charge in [0.15, 0.2) is 0 Å². The summed E-state index contributed by atoms with van der Waals surface area (Å²) in [6, 6.07) is 26.6. The van der Waals surface area contributed by atoms with Crippen molar-refractivity contribution in [3.05, 3.63) is 96.6 Å². The highest BCUT2D eigenvalue weighted by molar-refractivity contribution is 7.92. The van der Waals surface area contributed by atoms with Crippen molar-refractivity contribution in [1.29, 1.82) is 0 Å². The van der Waals surface area contributed by atoms with Crippen molar-refractivity contribution in [1.82, 2.24) is 0 Å². The second kappa shape index (κ2) is 9.11. The third-order valence-corrected chi connectivity index (χ3v) is 6.37. The van der Waals surface area contributed by atoms with Crippen LogP contribution in [0.4, 0.5) is 11.4 Å². The van der Waals surface area contributed by atoms with E-state index in [1.54, 1.807) is 36.4 Å². The Bertz CT molecular complexity index is 1380. The molecule has 0 saturated carbocycles. The summed E-state index contributed by atoms with van der Waals surface area (Å²) >= 11 is 0. The number of hydrogen-bond acceptors (Lipinski definition) is 4. The van der Waals surface area contributed by atoms with Gasteiger partial charge in [-0.3, -0.25) is 9.52 Å². The molecule has 0 radical (unpaired) electrons. The number of carbonyl (C=O) groups is 1. The smallest absolute Gasteiger partial charge is 0.262 e. The average molecular weight is 447 g/mol. The molecule has 162 valence electrons. The zero-order chi connectivity index (χ0) is 22.6. The van der Waals surface area contributed by atoms with Crippen LogP contribution < -0.4 is 14.8 Å². The van der Waals surface area contributed by atoms with Crippen LogP contribution in [0.5, 0.6) is 5.75 Å². The predicted octanol–water partition coefficient (Wildman–Crippen LogP) is 4.83. The number of benzene rings is 4. The highest BCUT2D eigenvalue weighted by Crippen LogP contribution is 2.27. The zero-order valence-corrected chi connectivity index (χ0v) is 18.2. The van der Waals surface area contributed by atoms with Crippen molar-refractivity contribution in [3.63, 3.8) is 0 Å². The molecule has 0 fully saturated rings. The number of hydrogen-bond donors (Lipinski definition) is 2. The molecule has 1 amide bonds. The fourth-order valence-corrected chi connectivity index (χ4v) is 4.61. The van der Waals surface area contributed by atoms with Crippen LogP contribution in [0, 0.1) is 0 Å². The monoisotopic (exact) mass is 446 g/mol. The quantitative estimate of drug-likeness (QED) is 0.426. The van der Waals surface area contributed by atoms with Crippen molar-refractivity contribution >= 4 is 38.1 Å². The second-order valence-corrected chi connectivity index (χ2v) is 8.88. The van der Waals surface area contributed by atoms with Crippen LogP contribution in [0.2, 0.25) is 0 Å². The third kappa shape index (κ3) is 4.73. The standard InChI is InChI=1S/C25H22N2O4S/c1-31-24-15-5-4-14-23(24)27-32(29,30)21-12-7-11-20(17-21)26-25(28)16-19-10-6-9-18-8-2-3-13-22(18)19/h2-15,17,27H,16H2,1H3,(H,26,28). The lowest BCUT2D eigenvalue weighted by Gasteiger charge is -2.13. The van der Waals surface area contributed by atoms with Gasteiger partial charge in [-0.25, -0.2) is 8.42 Å². The zero-order valence-electron chi connectivity index (χ0n) is 17.4. The molecule has 0 unspecified atom stereocenters. The maximum Gasteiger partial charge on any atom is 0.262 e. The van der Waals surface area contributed by atoms with Gasteiger partial charge >= 0.3 is 0 Å². The number of carbonyl (C=O) groups excluding carboxylic acids is 1. The minimum absolute atomic E-state index is 0.0337. The molecule has 0 spiro atoms. The molecule has 4 aromatic rings. The summed E-state index contributed by atoms with van der Waals surface area (Å²) in [6.45, 7) is 0. The molecule has 0 saturated heterocycles. The highest BCUT2D eigenvalue weighted by atomic mass is 32.2. The van der Waals surface area contributed by atoms with Gasteiger partial charge in [0.05, 0.1) is 24.1 Å². The lowest BCUT2D eigenvalue weighted by molar-refractivity contribution is -0.115. The van der Waals surface area contributed by atoms with E-state index in [-0.39, 0.29) is 17.2 Å². The fourth-order valence-electron chi connectivity index (χ4n) is 3.50. The van der Waals surface area contributed by atoms with Gasteiger partial charge in [-0.05, 0) is 46.7 Å². The molecule has 32 heavy (non-hydrogen) atoms. The molecule has 4 aromatic carbocycles. The normalized spacial score (nSPS) is 11.2.